The second-order valence-corrected chi connectivity index (χ2v) is 7.14. The minimum Gasteiger partial charge on any atom is -0.507 e. The Kier molecular flexibility index (Phi) is 3.91. The van der Waals surface area contributed by atoms with Gasteiger partial charge in [0.05, 0.1) is 0 Å². The molecule has 2 N–H and O–H groups in total. The van der Waals surface area contributed by atoms with E-state index in [1.54, 1.807) is 24.4 Å². The first-order valence-electron chi connectivity index (χ1n) is 8.93. The highest BCUT2D eigenvalue weighted by Crippen LogP contribution is 2.51. The Morgan fingerprint density at radius 1 is 1.27 bits per heavy atom. The summed E-state index contributed by atoms with van der Waals surface area (Å²) in [6.45, 7) is 4.19. The molecule has 4 nitrogen and oxygen atoms in total. The third kappa shape index (κ3) is 2.53. The molecule has 2 aliphatic carbocycles. The summed E-state index contributed by atoms with van der Waals surface area (Å²) in [6, 6.07) is 10.7. The first-order chi connectivity index (χ1) is 12.5. The minimum atomic E-state index is -0.529. The Morgan fingerprint density at radius 3 is 2.85 bits per heavy atom. The summed E-state index contributed by atoms with van der Waals surface area (Å²) < 4.78 is 0. The van der Waals surface area contributed by atoms with E-state index in [2.05, 4.69) is 31.0 Å². The monoisotopic (exact) mass is 346 g/mol. The second-order valence-electron chi connectivity index (χ2n) is 7.14. The van der Waals surface area contributed by atoms with E-state index in [0.717, 1.165) is 24.1 Å². The number of aliphatic imine (C=N–C) groups is 1. The summed E-state index contributed by atoms with van der Waals surface area (Å²) in [4.78, 5) is 19.9. The number of phenols is 1. The van der Waals surface area contributed by atoms with Gasteiger partial charge in [0, 0.05) is 41.4 Å². The highest BCUT2D eigenvalue weighted by molar-refractivity contribution is 5.84. The maximum Gasteiger partial charge on any atom is 0.248 e. The zero-order valence-electron chi connectivity index (χ0n) is 15.0. The van der Waals surface area contributed by atoms with Crippen LogP contribution in [0.5, 0.6) is 5.75 Å². The number of phenolic OH excluding ortho intramolecular Hbond substituents is 1. The Labute approximate surface area is 152 Å². The van der Waals surface area contributed by atoms with Gasteiger partial charge in [-0.3, -0.25) is 9.79 Å². The average Bonchev–Trinajstić information content (AvgIpc) is 2.60. The number of allylic oxidation sites excluding steroid dienone is 2. The van der Waals surface area contributed by atoms with Crippen molar-refractivity contribution in [3.8, 4) is 5.75 Å². The predicted octanol–water partition coefficient (Wildman–Crippen LogP) is 3.86. The number of aromatic nitrogens is 1. The standard InChI is InChI=1S/C22H22N2O2/c1-3-17-16-10-14(2)12-22(17,18-8-9-21(26)24-19(18)11-16)23-13-15-6-4-5-7-20(15)25/h3-10,13,16,25H,11-12H2,1-2H3,(H,24,26)/b17-3+,23-13?/t16?,22-/m1/s1. The molecular weight excluding hydrogens is 324 g/mol. The molecule has 0 aliphatic heterocycles. The SMILES string of the molecule is C/C=C1\C2C=C(C)C[C@]1(N=Cc1ccccc1O)c1ccc(=O)[nH]c1C2. The molecular formula is C22H22N2O2. The lowest BCUT2D eigenvalue weighted by Gasteiger charge is -2.45. The van der Waals surface area contributed by atoms with Crippen LogP contribution in [0.15, 0.2) is 69.5 Å². The van der Waals surface area contributed by atoms with Gasteiger partial charge in [0.15, 0.2) is 0 Å². The lowest BCUT2D eigenvalue weighted by molar-refractivity contribution is 0.413. The number of nitrogens with zero attached hydrogens (tertiary/aromatic N) is 1. The lowest BCUT2D eigenvalue weighted by Crippen LogP contribution is -2.40. The van der Waals surface area contributed by atoms with Gasteiger partial charge in [-0.05, 0) is 44.0 Å². The van der Waals surface area contributed by atoms with Crippen LogP contribution >= 0.6 is 0 Å². The molecule has 0 spiro atoms. The normalized spacial score (nSPS) is 26.0. The van der Waals surface area contributed by atoms with E-state index in [9.17, 15) is 9.90 Å². The van der Waals surface area contributed by atoms with Gasteiger partial charge in [-0.2, -0.15) is 0 Å². The molecule has 1 aromatic carbocycles. The van der Waals surface area contributed by atoms with Gasteiger partial charge in [0.25, 0.3) is 0 Å². The fraction of sp³-hybridized carbons (Fsp3) is 0.273. The van der Waals surface area contributed by atoms with Crippen LogP contribution < -0.4 is 5.56 Å². The molecule has 0 fully saturated rings. The van der Waals surface area contributed by atoms with Crippen molar-refractivity contribution in [2.24, 2.45) is 10.9 Å². The summed E-state index contributed by atoms with van der Waals surface area (Å²) in [7, 11) is 0. The molecule has 0 amide bonds. The molecule has 4 heteroatoms. The number of H-pyrrole nitrogens is 1. The van der Waals surface area contributed by atoms with Crippen LogP contribution in [0.4, 0.5) is 0 Å². The molecule has 26 heavy (non-hydrogen) atoms. The largest absolute Gasteiger partial charge is 0.507 e. The number of benzene rings is 1. The van der Waals surface area contributed by atoms with Gasteiger partial charge in [0.1, 0.15) is 11.3 Å². The van der Waals surface area contributed by atoms with Crippen molar-refractivity contribution < 1.29 is 5.11 Å². The van der Waals surface area contributed by atoms with Crippen LogP contribution in [-0.4, -0.2) is 16.3 Å². The van der Waals surface area contributed by atoms with E-state index >= 15 is 0 Å². The molecule has 0 radical (unpaired) electrons. The molecule has 1 aromatic heterocycles. The van der Waals surface area contributed by atoms with Gasteiger partial charge < -0.3 is 10.1 Å². The molecule has 1 heterocycles. The molecule has 1 unspecified atom stereocenters. The number of para-hydroxylation sites is 1. The highest BCUT2D eigenvalue weighted by Gasteiger charge is 2.46. The fourth-order valence-corrected chi connectivity index (χ4v) is 4.43. The van der Waals surface area contributed by atoms with Crippen molar-refractivity contribution >= 4 is 6.21 Å². The van der Waals surface area contributed by atoms with E-state index in [1.165, 1.54) is 11.1 Å². The van der Waals surface area contributed by atoms with Crippen LogP contribution in [-0.2, 0) is 12.0 Å². The van der Waals surface area contributed by atoms with E-state index in [4.69, 9.17) is 4.99 Å². The number of rotatable bonds is 2. The summed E-state index contributed by atoms with van der Waals surface area (Å²) in [5.74, 6) is 0.452. The van der Waals surface area contributed by atoms with Crippen molar-refractivity contribution in [2.75, 3.05) is 0 Å². The first kappa shape index (κ1) is 16.6. The summed E-state index contributed by atoms with van der Waals surface area (Å²) in [5, 5.41) is 10.1. The van der Waals surface area contributed by atoms with Gasteiger partial charge in [-0.25, -0.2) is 0 Å². The quantitative estimate of drug-likeness (QED) is 0.640. The fourth-order valence-electron chi connectivity index (χ4n) is 4.43. The summed E-state index contributed by atoms with van der Waals surface area (Å²) in [5.41, 5.74) is 4.66. The van der Waals surface area contributed by atoms with Crippen molar-refractivity contribution in [3.05, 3.63) is 86.9 Å². The number of aromatic hydroxyl groups is 1. The van der Waals surface area contributed by atoms with Crippen molar-refractivity contribution in [2.45, 2.75) is 32.2 Å². The van der Waals surface area contributed by atoms with Gasteiger partial charge in [-0.15, -0.1) is 0 Å². The van der Waals surface area contributed by atoms with Crippen molar-refractivity contribution in [1.82, 2.24) is 4.98 Å². The average molecular weight is 346 g/mol. The molecule has 4 rings (SSSR count). The molecule has 2 atom stereocenters. The summed E-state index contributed by atoms with van der Waals surface area (Å²) in [6.07, 6.45) is 7.76. The number of aromatic amines is 1. The molecule has 0 saturated carbocycles. The van der Waals surface area contributed by atoms with Gasteiger partial charge >= 0.3 is 0 Å². The molecule has 132 valence electrons. The van der Waals surface area contributed by atoms with E-state index < -0.39 is 5.54 Å². The lowest BCUT2D eigenvalue weighted by atomic mass is 9.63. The van der Waals surface area contributed by atoms with E-state index in [0.29, 0.717) is 5.56 Å². The zero-order valence-corrected chi connectivity index (χ0v) is 15.0. The Morgan fingerprint density at radius 2 is 2.08 bits per heavy atom. The van der Waals surface area contributed by atoms with Gasteiger partial charge in [-0.1, -0.05) is 29.9 Å². The molecule has 2 aliphatic rings. The van der Waals surface area contributed by atoms with Crippen LogP contribution in [0.3, 0.4) is 0 Å². The second kappa shape index (κ2) is 6.13. The Balaban J connectivity index is 1.94. The Hall–Kier alpha value is -2.88. The zero-order chi connectivity index (χ0) is 18.3. The third-order valence-corrected chi connectivity index (χ3v) is 5.44. The van der Waals surface area contributed by atoms with Crippen LogP contribution in [0.2, 0.25) is 0 Å². The number of hydrogen-bond donors (Lipinski definition) is 2. The topological polar surface area (TPSA) is 65.5 Å². The highest BCUT2D eigenvalue weighted by atomic mass is 16.3. The van der Waals surface area contributed by atoms with Crippen LogP contribution in [0.1, 0.15) is 37.1 Å². The smallest absolute Gasteiger partial charge is 0.248 e. The van der Waals surface area contributed by atoms with Crippen molar-refractivity contribution in [3.63, 3.8) is 0 Å². The minimum absolute atomic E-state index is 0.0775. The number of fused-ring (bicyclic) bond motifs is 4. The predicted molar refractivity (Wildman–Crippen MR) is 104 cm³/mol. The molecule has 2 aromatic rings. The van der Waals surface area contributed by atoms with E-state index in [-0.39, 0.29) is 17.2 Å². The maximum atomic E-state index is 11.8. The maximum absolute atomic E-state index is 11.8. The molecule has 0 saturated heterocycles. The number of hydrogen-bond acceptors (Lipinski definition) is 3. The van der Waals surface area contributed by atoms with E-state index in [1.807, 2.05) is 18.2 Å². The summed E-state index contributed by atoms with van der Waals surface area (Å²) >= 11 is 0. The number of nitrogens with one attached hydrogen (secondary N) is 1. The van der Waals surface area contributed by atoms with Crippen molar-refractivity contribution in [1.29, 1.82) is 0 Å². The first-order valence-corrected chi connectivity index (χ1v) is 8.93. The van der Waals surface area contributed by atoms with Crippen LogP contribution in [0, 0.1) is 5.92 Å². The molecule has 2 bridgehead atoms. The Bertz CT molecular complexity index is 1010. The van der Waals surface area contributed by atoms with Crippen LogP contribution in [0.25, 0.3) is 0 Å². The van der Waals surface area contributed by atoms with Gasteiger partial charge in [0.2, 0.25) is 5.56 Å². The third-order valence-electron chi connectivity index (χ3n) is 5.44. The number of pyridine rings is 1.